The summed E-state index contributed by atoms with van der Waals surface area (Å²) in [5, 5.41) is 10.9. The third-order valence-electron chi connectivity index (χ3n) is 5.40. The molecule has 1 N–H and O–H groups in total. The number of aromatic nitrogens is 4. The Hall–Kier alpha value is -2.16. The van der Waals surface area contributed by atoms with Crippen molar-refractivity contribution in [3.63, 3.8) is 0 Å². The van der Waals surface area contributed by atoms with E-state index >= 15 is 0 Å². The first kappa shape index (κ1) is 20.6. The molecule has 0 radical (unpaired) electrons. The van der Waals surface area contributed by atoms with Gasteiger partial charge in [0.15, 0.2) is 15.7 Å². The molecule has 1 atom stereocenters. The highest BCUT2D eigenvalue weighted by molar-refractivity contribution is 7.92. The normalized spacial score (nSPS) is 16.6. The summed E-state index contributed by atoms with van der Waals surface area (Å²) in [5.74, 6) is 0.716. The molecule has 154 valence electrons. The SMILES string of the molecule is CCn1ccc(NC(=O)[C@H](CC2CCCC2)n2cc(S(=O)(=O)C(C)C)cn2)n1. The van der Waals surface area contributed by atoms with Gasteiger partial charge in [-0.15, -0.1) is 0 Å². The number of nitrogens with zero attached hydrogens (tertiary/aromatic N) is 4. The van der Waals surface area contributed by atoms with Gasteiger partial charge < -0.3 is 5.32 Å². The van der Waals surface area contributed by atoms with Crippen LogP contribution >= 0.6 is 0 Å². The fraction of sp³-hybridized carbons (Fsp3) is 0.632. The summed E-state index contributed by atoms with van der Waals surface area (Å²) in [6.07, 6.45) is 9.80. The molecule has 0 aromatic carbocycles. The van der Waals surface area contributed by atoms with Gasteiger partial charge in [0.1, 0.15) is 10.9 Å². The Morgan fingerprint density at radius 1 is 1.32 bits per heavy atom. The molecular weight excluding hydrogens is 378 g/mol. The monoisotopic (exact) mass is 407 g/mol. The Balaban J connectivity index is 1.84. The quantitative estimate of drug-likeness (QED) is 0.725. The minimum Gasteiger partial charge on any atom is -0.307 e. The lowest BCUT2D eigenvalue weighted by molar-refractivity contribution is -0.120. The highest BCUT2D eigenvalue weighted by Crippen LogP contribution is 2.32. The molecule has 9 heteroatoms. The van der Waals surface area contributed by atoms with E-state index in [1.165, 1.54) is 29.9 Å². The van der Waals surface area contributed by atoms with E-state index in [0.29, 0.717) is 18.2 Å². The number of hydrogen-bond acceptors (Lipinski definition) is 5. The second-order valence-electron chi connectivity index (χ2n) is 7.70. The van der Waals surface area contributed by atoms with Crippen molar-refractivity contribution < 1.29 is 13.2 Å². The molecular formula is C19H29N5O3S. The van der Waals surface area contributed by atoms with Crippen LogP contribution in [0.2, 0.25) is 0 Å². The van der Waals surface area contributed by atoms with Gasteiger partial charge in [-0.3, -0.25) is 14.2 Å². The number of anilines is 1. The summed E-state index contributed by atoms with van der Waals surface area (Å²) in [6.45, 7) is 5.97. The first-order chi connectivity index (χ1) is 13.3. The standard InChI is InChI=1S/C19H29N5O3S/c1-4-23-10-9-18(22-23)21-19(25)17(11-15-7-5-6-8-15)24-13-16(12-20-24)28(26,27)14(2)3/h9-10,12-15,17H,4-8,11H2,1-3H3,(H,21,22,25)/t17-/m0/s1. The largest absolute Gasteiger partial charge is 0.307 e. The van der Waals surface area contributed by atoms with E-state index in [-0.39, 0.29) is 10.8 Å². The fourth-order valence-corrected chi connectivity index (χ4v) is 4.61. The smallest absolute Gasteiger partial charge is 0.250 e. The van der Waals surface area contributed by atoms with Crippen LogP contribution in [0.25, 0.3) is 0 Å². The summed E-state index contributed by atoms with van der Waals surface area (Å²) in [5.41, 5.74) is 0. The number of sulfone groups is 1. The molecule has 28 heavy (non-hydrogen) atoms. The average Bonchev–Trinajstić information content (AvgIpc) is 3.40. The van der Waals surface area contributed by atoms with Gasteiger partial charge in [0.05, 0.1) is 11.4 Å². The maximum atomic E-state index is 13.0. The first-order valence-corrected chi connectivity index (χ1v) is 11.5. The third-order valence-corrected chi connectivity index (χ3v) is 7.51. The van der Waals surface area contributed by atoms with Crippen LogP contribution in [0.1, 0.15) is 58.9 Å². The van der Waals surface area contributed by atoms with Gasteiger partial charge in [-0.2, -0.15) is 10.2 Å². The summed E-state index contributed by atoms with van der Waals surface area (Å²) < 4.78 is 28.1. The molecule has 1 fully saturated rings. The van der Waals surface area contributed by atoms with Gasteiger partial charge in [-0.25, -0.2) is 8.42 Å². The van der Waals surface area contributed by atoms with Crippen LogP contribution in [-0.2, 0) is 21.2 Å². The number of carbonyl (C=O) groups is 1. The van der Waals surface area contributed by atoms with Gasteiger partial charge in [0, 0.05) is 25.0 Å². The van der Waals surface area contributed by atoms with Gasteiger partial charge in [-0.1, -0.05) is 25.7 Å². The van der Waals surface area contributed by atoms with Crippen molar-refractivity contribution in [1.82, 2.24) is 19.6 Å². The molecule has 3 rings (SSSR count). The van der Waals surface area contributed by atoms with E-state index in [1.807, 2.05) is 13.1 Å². The second-order valence-corrected chi connectivity index (χ2v) is 10.2. The Kier molecular flexibility index (Phi) is 6.22. The summed E-state index contributed by atoms with van der Waals surface area (Å²) in [6, 6.07) is 1.19. The summed E-state index contributed by atoms with van der Waals surface area (Å²) >= 11 is 0. The van der Waals surface area contributed by atoms with E-state index in [2.05, 4.69) is 15.5 Å². The fourth-order valence-electron chi connectivity index (χ4n) is 3.62. The Labute approximate surface area is 166 Å². The maximum absolute atomic E-state index is 13.0. The predicted octanol–water partition coefficient (Wildman–Crippen LogP) is 3.04. The van der Waals surface area contributed by atoms with Crippen molar-refractivity contribution in [3.05, 3.63) is 24.7 Å². The number of carbonyl (C=O) groups excluding carboxylic acids is 1. The Morgan fingerprint density at radius 2 is 2.04 bits per heavy atom. The molecule has 2 aromatic heterocycles. The summed E-state index contributed by atoms with van der Waals surface area (Å²) in [7, 11) is -3.43. The predicted molar refractivity (Wildman–Crippen MR) is 107 cm³/mol. The topological polar surface area (TPSA) is 98.9 Å². The molecule has 1 aliphatic carbocycles. The number of hydrogen-bond donors (Lipinski definition) is 1. The highest BCUT2D eigenvalue weighted by atomic mass is 32.2. The molecule has 2 aromatic rings. The zero-order chi connectivity index (χ0) is 20.3. The van der Waals surface area contributed by atoms with E-state index in [0.717, 1.165) is 19.4 Å². The lowest BCUT2D eigenvalue weighted by atomic mass is 9.98. The van der Waals surface area contributed by atoms with E-state index in [4.69, 9.17) is 0 Å². The molecule has 0 bridgehead atoms. The van der Waals surface area contributed by atoms with Crippen LogP contribution in [-0.4, -0.2) is 39.1 Å². The molecule has 1 aliphatic rings. The molecule has 8 nitrogen and oxygen atoms in total. The zero-order valence-corrected chi connectivity index (χ0v) is 17.5. The average molecular weight is 408 g/mol. The van der Waals surface area contributed by atoms with Crippen LogP contribution < -0.4 is 5.32 Å². The van der Waals surface area contributed by atoms with Gasteiger partial charge >= 0.3 is 0 Å². The van der Waals surface area contributed by atoms with E-state index in [9.17, 15) is 13.2 Å². The van der Waals surface area contributed by atoms with E-state index < -0.39 is 21.1 Å². The lowest BCUT2D eigenvalue weighted by Gasteiger charge is -2.20. The van der Waals surface area contributed by atoms with E-state index in [1.54, 1.807) is 24.6 Å². The van der Waals surface area contributed by atoms with Crippen LogP contribution in [0.3, 0.4) is 0 Å². The second kappa shape index (κ2) is 8.46. The van der Waals surface area contributed by atoms with Crippen LogP contribution in [0.5, 0.6) is 0 Å². The zero-order valence-electron chi connectivity index (χ0n) is 16.7. The van der Waals surface area contributed by atoms with Gasteiger partial charge in [0.25, 0.3) is 0 Å². The molecule has 0 aliphatic heterocycles. The number of aryl methyl sites for hydroxylation is 1. The first-order valence-electron chi connectivity index (χ1n) is 9.93. The van der Waals surface area contributed by atoms with Crippen LogP contribution in [0.15, 0.2) is 29.6 Å². The summed E-state index contributed by atoms with van der Waals surface area (Å²) in [4.78, 5) is 13.2. The van der Waals surface area contributed by atoms with Crippen LogP contribution in [0.4, 0.5) is 5.82 Å². The maximum Gasteiger partial charge on any atom is 0.250 e. The van der Waals surface area contributed by atoms with Crippen molar-refractivity contribution >= 4 is 21.6 Å². The Bertz CT molecular complexity index is 910. The lowest BCUT2D eigenvalue weighted by Crippen LogP contribution is -2.28. The van der Waals surface area contributed by atoms with Gasteiger partial charge in [-0.05, 0) is 33.1 Å². The molecule has 1 amide bonds. The minimum atomic E-state index is -3.43. The number of nitrogens with one attached hydrogen (secondary N) is 1. The van der Waals surface area contributed by atoms with Crippen molar-refractivity contribution in [1.29, 1.82) is 0 Å². The minimum absolute atomic E-state index is 0.155. The van der Waals surface area contributed by atoms with Crippen molar-refractivity contribution in [2.75, 3.05) is 5.32 Å². The molecule has 1 saturated carbocycles. The highest BCUT2D eigenvalue weighted by Gasteiger charge is 2.29. The Morgan fingerprint density at radius 3 is 2.64 bits per heavy atom. The molecule has 0 unspecified atom stereocenters. The molecule has 2 heterocycles. The van der Waals surface area contributed by atoms with Gasteiger partial charge in [0.2, 0.25) is 5.91 Å². The number of amides is 1. The number of rotatable bonds is 8. The van der Waals surface area contributed by atoms with Crippen molar-refractivity contribution in [2.45, 2.75) is 75.6 Å². The van der Waals surface area contributed by atoms with Crippen molar-refractivity contribution in [3.8, 4) is 0 Å². The molecule has 0 spiro atoms. The van der Waals surface area contributed by atoms with Crippen LogP contribution in [0, 0.1) is 5.92 Å². The third kappa shape index (κ3) is 4.45. The molecule has 0 saturated heterocycles. The van der Waals surface area contributed by atoms with Crippen molar-refractivity contribution in [2.24, 2.45) is 5.92 Å².